The monoisotopic (exact) mass is 442 g/mol. The average molecular weight is 443 g/mol. The number of hydrogen-bond acceptors (Lipinski definition) is 4. The van der Waals surface area contributed by atoms with Crippen LogP contribution in [0.5, 0.6) is 0 Å². The van der Waals surface area contributed by atoms with Crippen LogP contribution in [0.1, 0.15) is 56.9 Å². The minimum Gasteiger partial charge on any atom is -0.511 e. The minimum atomic E-state index is -0.150. The molecule has 4 aliphatic rings. The summed E-state index contributed by atoms with van der Waals surface area (Å²) in [7, 11) is 0. The predicted octanol–water partition coefficient (Wildman–Crippen LogP) is 5.71. The Labute approximate surface area is 194 Å². The molecular weight excluding hydrogens is 412 g/mol. The number of carbonyl (C=O) groups excluding carboxylic acids is 3. The number of carbonyl (C=O) groups is 3. The zero-order valence-electron chi connectivity index (χ0n) is 18.8. The maximum atomic E-state index is 12.9. The molecule has 0 spiro atoms. The Morgan fingerprint density at radius 2 is 1.30 bits per heavy atom. The van der Waals surface area contributed by atoms with E-state index in [0.29, 0.717) is 11.1 Å². The van der Waals surface area contributed by atoms with Gasteiger partial charge in [-0.25, -0.2) is 0 Å². The molecular formula is C29H30O4. The highest BCUT2D eigenvalue weighted by Gasteiger charge is 2.46. The van der Waals surface area contributed by atoms with Gasteiger partial charge in [-0.2, -0.15) is 0 Å². The van der Waals surface area contributed by atoms with E-state index in [0.717, 1.165) is 62.5 Å². The smallest absolute Gasteiger partial charge is 0.170 e. The van der Waals surface area contributed by atoms with E-state index in [1.807, 2.05) is 36.4 Å². The molecule has 4 unspecified atom stereocenters. The fraction of sp³-hybridized carbons (Fsp3) is 0.414. The van der Waals surface area contributed by atoms with Gasteiger partial charge in [-0.05, 0) is 49.0 Å². The second-order valence-corrected chi connectivity index (χ2v) is 9.79. The average Bonchev–Trinajstić information content (AvgIpc) is 3.25. The topological polar surface area (TPSA) is 71.4 Å². The van der Waals surface area contributed by atoms with Gasteiger partial charge in [0.15, 0.2) is 17.3 Å². The molecule has 4 atom stereocenters. The largest absolute Gasteiger partial charge is 0.511 e. The first-order chi connectivity index (χ1) is 16.1. The Balaban J connectivity index is 1.48. The van der Waals surface area contributed by atoms with Crippen LogP contribution in [-0.2, 0) is 14.4 Å². The lowest BCUT2D eigenvalue weighted by Gasteiger charge is -2.23. The van der Waals surface area contributed by atoms with Gasteiger partial charge in [0, 0.05) is 23.7 Å². The van der Waals surface area contributed by atoms with Crippen molar-refractivity contribution in [2.24, 2.45) is 23.7 Å². The molecule has 170 valence electrons. The van der Waals surface area contributed by atoms with Crippen LogP contribution >= 0.6 is 0 Å². The summed E-state index contributed by atoms with van der Waals surface area (Å²) in [6.45, 7) is 0. The van der Waals surface area contributed by atoms with Crippen LogP contribution in [0.4, 0.5) is 0 Å². The van der Waals surface area contributed by atoms with Gasteiger partial charge in [0.2, 0.25) is 0 Å². The number of benzene rings is 1. The number of aliphatic hydroxyl groups excluding tert-OH is 1. The van der Waals surface area contributed by atoms with Gasteiger partial charge in [-0.15, -0.1) is 0 Å². The molecule has 33 heavy (non-hydrogen) atoms. The molecule has 0 heterocycles. The fourth-order valence-electron chi connectivity index (χ4n) is 6.13. The first-order valence-electron chi connectivity index (χ1n) is 12.3. The quantitative estimate of drug-likeness (QED) is 0.368. The maximum Gasteiger partial charge on any atom is 0.170 e. The summed E-state index contributed by atoms with van der Waals surface area (Å²) in [6, 6.07) is 9.69. The van der Waals surface area contributed by atoms with E-state index in [9.17, 15) is 19.5 Å². The zero-order valence-corrected chi connectivity index (χ0v) is 18.8. The fourth-order valence-corrected chi connectivity index (χ4v) is 6.13. The molecule has 0 radical (unpaired) electrons. The molecule has 1 N–H and O–H groups in total. The number of Topliss-reactive ketones (excluding diaryl/α,β-unsaturated/α-hetero) is 3. The molecule has 0 aromatic heterocycles. The van der Waals surface area contributed by atoms with E-state index in [1.54, 1.807) is 18.2 Å². The molecule has 1 aromatic rings. The van der Waals surface area contributed by atoms with Gasteiger partial charge < -0.3 is 5.11 Å². The first kappa shape index (κ1) is 21.8. The minimum absolute atomic E-state index is 0.0206. The van der Waals surface area contributed by atoms with Gasteiger partial charge in [-0.1, -0.05) is 68.2 Å². The van der Waals surface area contributed by atoms with Crippen molar-refractivity contribution in [3.05, 3.63) is 77.1 Å². The third-order valence-corrected chi connectivity index (χ3v) is 7.93. The molecule has 0 bridgehead atoms. The lowest BCUT2D eigenvalue weighted by Crippen LogP contribution is -2.21. The van der Waals surface area contributed by atoms with Gasteiger partial charge >= 0.3 is 0 Å². The third-order valence-electron chi connectivity index (χ3n) is 7.93. The Morgan fingerprint density at radius 3 is 1.88 bits per heavy atom. The van der Waals surface area contributed by atoms with Gasteiger partial charge in [0.05, 0.1) is 11.1 Å². The van der Waals surface area contributed by atoms with E-state index >= 15 is 0 Å². The van der Waals surface area contributed by atoms with Crippen molar-refractivity contribution < 1.29 is 19.5 Å². The van der Waals surface area contributed by atoms with Crippen molar-refractivity contribution in [3.8, 4) is 0 Å². The third kappa shape index (κ3) is 3.96. The Morgan fingerprint density at radius 1 is 0.758 bits per heavy atom. The summed E-state index contributed by atoms with van der Waals surface area (Å²) in [6.07, 6.45) is 14.4. The summed E-state index contributed by atoms with van der Waals surface area (Å²) >= 11 is 0. The van der Waals surface area contributed by atoms with Crippen LogP contribution < -0.4 is 0 Å². The molecule has 5 rings (SSSR count). The van der Waals surface area contributed by atoms with Crippen LogP contribution in [0, 0.1) is 23.7 Å². The zero-order chi connectivity index (χ0) is 22.9. The van der Waals surface area contributed by atoms with Gasteiger partial charge in [0.1, 0.15) is 5.76 Å². The van der Waals surface area contributed by atoms with Crippen LogP contribution in [0.25, 0.3) is 5.57 Å². The standard InChI is InChI=1S/C29H30O4/c30-26-20-10-4-5-11-21(20)27(31)24(26)16-14-19(18-8-2-1-3-9-18)15-17-25-28(32)22-12-6-7-13-23(22)29(25)33/h1-3,8-9,14-17,20-23,30H,4-7,10-13H2/b16-14+,19-15-,25-17?. The van der Waals surface area contributed by atoms with Crippen molar-refractivity contribution >= 4 is 22.9 Å². The predicted molar refractivity (Wildman–Crippen MR) is 127 cm³/mol. The molecule has 4 nitrogen and oxygen atoms in total. The van der Waals surface area contributed by atoms with Crippen molar-refractivity contribution in [1.82, 2.24) is 0 Å². The summed E-state index contributed by atoms with van der Waals surface area (Å²) in [5, 5.41) is 10.7. The molecule has 1 aromatic carbocycles. The van der Waals surface area contributed by atoms with E-state index in [2.05, 4.69) is 0 Å². The van der Waals surface area contributed by atoms with Crippen LogP contribution in [0.15, 0.2) is 71.5 Å². The number of allylic oxidation sites excluding steroid dienone is 8. The summed E-state index contributed by atoms with van der Waals surface area (Å²) in [5.41, 5.74) is 2.42. The summed E-state index contributed by atoms with van der Waals surface area (Å²) < 4.78 is 0. The number of rotatable bonds is 4. The molecule has 4 aliphatic carbocycles. The van der Waals surface area contributed by atoms with Crippen molar-refractivity contribution in [3.63, 3.8) is 0 Å². The van der Waals surface area contributed by atoms with Crippen LogP contribution in [0.2, 0.25) is 0 Å². The van der Waals surface area contributed by atoms with E-state index in [-0.39, 0.29) is 46.8 Å². The number of fused-ring (bicyclic) bond motifs is 2. The van der Waals surface area contributed by atoms with E-state index in [1.165, 1.54) is 0 Å². The van der Waals surface area contributed by atoms with Gasteiger partial charge in [0.25, 0.3) is 0 Å². The Hall–Kier alpha value is -3.01. The lowest BCUT2D eigenvalue weighted by molar-refractivity contribution is -0.120. The molecule has 4 heteroatoms. The highest BCUT2D eigenvalue weighted by atomic mass is 16.3. The molecule has 3 fully saturated rings. The van der Waals surface area contributed by atoms with Crippen molar-refractivity contribution in [2.45, 2.75) is 51.4 Å². The summed E-state index contributed by atoms with van der Waals surface area (Å²) in [5.74, 6) is -0.232. The first-order valence-corrected chi connectivity index (χ1v) is 12.3. The normalized spacial score (nSPS) is 30.2. The number of hydrogen-bond donors (Lipinski definition) is 1. The van der Waals surface area contributed by atoms with Crippen molar-refractivity contribution in [1.29, 1.82) is 0 Å². The Bertz CT molecular complexity index is 1080. The SMILES string of the molecule is O=C1C(=C/C=C(/C=C/C2=C(O)C3CCCCC3C2=O)c2ccccc2)C(=O)C2CCCCC12. The molecule has 0 amide bonds. The molecule has 0 saturated heterocycles. The van der Waals surface area contributed by atoms with Gasteiger partial charge in [-0.3, -0.25) is 14.4 Å². The second kappa shape index (κ2) is 9.09. The molecule has 0 aliphatic heterocycles. The van der Waals surface area contributed by atoms with Crippen LogP contribution in [-0.4, -0.2) is 22.5 Å². The molecule has 3 saturated carbocycles. The van der Waals surface area contributed by atoms with E-state index < -0.39 is 0 Å². The summed E-state index contributed by atoms with van der Waals surface area (Å²) in [4.78, 5) is 38.7. The van der Waals surface area contributed by atoms with Crippen LogP contribution in [0.3, 0.4) is 0 Å². The lowest BCUT2D eigenvalue weighted by atomic mass is 9.80. The maximum absolute atomic E-state index is 12.9. The highest BCUT2D eigenvalue weighted by molar-refractivity contribution is 6.27. The number of ketones is 3. The highest BCUT2D eigenvalue weighted by Crippen LogP contribution is 2.43. The van der Waals surface area contributed by atoms with E-state index in [4.69, 9.17) is 0 Å². The van der Waals surface area contributed by atoms with Crippen molar-refractivity contribution in [2.75, 3.05) is 0 Å². The number of aliphatic hydroxyl groups is 1. The Kier molecular flexibility index (Phi) is 6.01. The second-order valence-electron chi connectivity index (χ2n) is 9.79.